The smallest absolute Gasteiger partial charge is 0.334 e. The maximum atomic E-state index is 13.8. The van der Waals surface area contributed by atoms with Gasteiger partial charge in [-0.1, -0.05) is 6.08 Å². The highest BCUT2D eigenvalue weighted by atomic mass is 127. The average Bonchev–Trinajstić information content (AvgIpc) is 3.32. The number of hydrogen-bond donors (Lipinski definition) is 0. The minimum atomic E-state index is -0.922. The number of amides is 4. The van der Waals surface area contributed by atoms with Crippen LogP contribution in [0.4, 0.5) is 11.4 Å². The van der Waals surface area contributed by atoms with Crippen LogP contribution in [0.25, 0.3) is 0 Å². The lowest BCUT2D eigenvalue weighted by atomic mass is 9.52. The molecule has 188 valence electrons. The Labute approximate surface area is 239 Å². The van der Waals surface area contributed by atoms with E-state index in [-0.39, 0.29) is 12.2 Å². The van der Waals surface area contributed by atoms with Crippen molar-refractivity contribution in [1.29, 1.82) is 0 Å². The van der Waals surface area contributed by atoms with Gasteiger partial charge in [-0.05, 0) is 101 Å². The molecule has 0 N–H and O–H groups in total. The number of rotatable bonds is 4. The van der Waals surface area contributed by atoms with Crippen molar-refractivity contribution in [3.8, 4) is 0 Å². The molecule has 5 aliphatic rings. The Hall–Kier alpha value is -2.61. The summed E-state index contributed by atoms with van der Waals surface area (Å²) in [7, 11) is 0. The molecule has 4 amide bonds. The first-order valence-corrected chi connectivity index (χ1v) is 14.1. The van der Waals surface area contributed by atoms with Crippen LogP contribution in [0.15, 0.2) is 60.2 Å². The molecule has 3 fully saturated rings. The molecular weight excluding hydrogens is 702 g/mol. The van der Waals surface area contributed by atoms with Gasteiger partial charge in [0.25, 0.3) is 0 Å². The van der Waals surface area contributed by atoms with Crippen molar-refractivity contribution in [2.75, 3.05) is 16.4 Å². The molecule has 8 nitrogen and oxygen atoms in total. The predicted octanol–water partition coefficient (Wildman–Crippen LogP) is 3.56. The highest BCUT2D eigenvalue weighted by molar-refractivity contribution is 14.1. The Kier molecular flexibility index (Phi) is 6.01. The van der Waals surface area contributed by atoms with Crippen molar-refractivity contribution < 1.29 is 28.7 Å². The van der Waals surface area contributed by atoms with Gasteiger partial charge in [-0.25, -0.2) is 4.79 Å². The molecule has 1 saturated carbocycles. The third kappa shape index (κ3) is 3.54. The molecule has 3 aliphatic carbocycles. The molecule has 7 rings (SSSR count). The van der Waals surface area contributed by atoms with Gasteiger partial charge in [0, 0.05) is 24.5 Å². The number of halogens is 2. The number of carbonyl (C=O) groups excluding carboxylic acids is 5. The van der Waals surface area contributed by atoms with E-state index in [0.717, 1.165) is 16.9 Å². The van der Waals surface area contributed by atoms with E-state index in [1.54, 1.807) is 61.5 Å². The molecule has 2 aromatic carbocycles. The number of esters is 1. The fourth-order valence-corrected chi connectivity index (χ4v) is 7.18. The van der Waals surface area contributed by atoms with E-state index < -0.39 is 65.1 Å². The summed E-state index contributed by atoms with van der Waals surface area (Å²) in [6.07, 6.45) is 1.62. The largest absolute Gasteiger partial charge is 0.463 e. The fourth-order valence-electron chi connectivity index (χ4n) is 6.46. The Morgan fingerprint density at radius 1 is 0.703 bits per heavy atom. The molecule has 10 heteroatoms. The lowest BCUT2D eigenvalue weighted by Crippen LogP contribution is -2.53. The lowest BCUT2D eigenvalue weighted by molar-refractivity contribution is -0.146. The van der Waals surface area contributed by atoms with Gasteiger partial charge in [0.2, 0.25) is 23.6 Å². The van der Waals surface area contributed by atoms with Crippen molar-refractivity contribution in [3.05, 3.63) is 67.3 Å². The Bertz CT molecular complexity index is 1310. The maximum Gasteiger partial charge on any atom is 0.334 e. The minimum Gasteiger partial charge on any atom is -0.463 e. The number of ether oxygens (including phenoxy) is 1. The van der Waals surface area contributed by atoms with E-state index in [2.05, 4.69) is 45.2 Å². The first kappa shape index (κ1) is 24.7. The van der Waals surface area contributed by atoms with Crippen LogP contribution in [-0.2, 0) is 28.7 Å². The van der Waals surface area contributed by atoms with Gasteiger partial charge in [0.05, 0.1) is 41.7 Å². The summed E-state index contributed by atoms with van der Waals surface area (Å²) in [6, 6.07) is 14.0. The van der Waals surface area contributed by atoms with Crippen LogP contribution in [0.5, 0.6) is 0 Å². The average molecular weight is 722 g/mol. The number of nitrogens with zero attached hydrogens (tertiary/aromatic N) is 2. The van der Waals surface area contributed by atoms with Crippen LogP contribution in [0, 0.1) is 42.6 Å². The van der Waals surface area contributed by atoms with Crippen LogP contribution < -0.4 is 9.80 Å². The van der Waals surface area contributed by atoms with Crippen molar-refractivity contribution in [1.82, 2.24) is 0 Å². The van der Waals surface area contributed by atoms with Crippen molar-refractivity contribution in [2.24, 2.45) is 35.5 Å². The molecule has 2 aromatic rings. The van der Waals surface area contributed by atoms with Crippen LogP contribution >= 0.6 is 45.2 Å². The van der Waals surface area contributed by atoms with E-state index in [1.807, 2.05) is 0 Å². The van der Waals surface area contributed by atoms with Gasteiger partial charge in [0.15, 0.2) is 0 Å². The summed E-state index contributed by atoms with van der Waals surface area (Å²) in [5.41, 5.74) is 1.08. The van der Waals surface area contributed by atoms with Crippen molar-refractivity contribution in [3.63, 3.8) is 0 Å². The highest BCUT2D eigenvalue weighted by Crippen LogP contribution is 2.60. The normalized spacial score (nSPS) is 30.0. The molecular formula is C27H20I2N2O6. The predicted molar refractivity (Wildman–Crippen MR) is 149 cm³/mol. The lowest BCUT2D eigenvalue weighted by Gasteiger charge is -2.46. The summed E-state index contributed by atoms with van der Waals surface area (Å²) < 4.78 is 7.18. The van der Waals surface area contributed by atoms with E-state index in [4.69, 9.17) is 4.74 Å². The Morgan fingerprint density at radius 3 is 1.51 bits per heavy atom. The van der Waals surface area contributed by atoms with Gasteiger partial charge in [-0.3, -0.25) is 29.0 Å². The highest BCUT2D eigenvalue weighted by Gasteiger charge is 2.71. The number of allylic oxidation sites excluding steroid dienone is 1. The van der Waals surface area contributed by atoms with Crippen LogP contribution in [0.1, 0.15) is 6.92 Å². The summed E-state index contributed by atoms with van der Waals surface area (Å²) in [5, 5.41) is 0. The third-order valence-corrected chi connectivity index (χ3v) is 9.25. The molecule has 2 bridgehead atoms. The summed E-state index contributed by atoms with van der Waals surface area (Å²) in [4.78, 5) is 70.5. The van der Waals surface area contributed by atoms with Gasteiger partial charge in [-0.2, -0.15) is 0 Å². The molecule has 2 aliphatic heterocycles. The van der Waals surface area contributed by atoms with Gasteiger partial charge in [0.1, 0.15) is 0 Å². The first-order valence-electron chi connectivity index (χ1n) is 11.9. The fraction of sp³-hybridized carbons (Fsp3) is 0.296. The summed E-state index contributed by atoms with van der Waals surface area (Å²) in [6.45, 7) is 1.80. The molecule has 2 heterocycles. The van der Waals surface area contributed by atoms with Crippen LogP contribution in [-0.4, -0.2) is 36.2 Å². The number of benzene rings is 2. The van der Waals surface area contributed by atoms with Gasteiger partial charge in [-0.15, -0.1) is 0 Å². The number of imide groups is 2. The number of hydrogen-bond acceptors (Lipinski definition) is 6. The molecule has 37 heavy (non-hydrogen) atoms. The van der Waals surface area contributed by atoms with Gasteiger partial charge < -0.3 is 4.74 Å². The van der Waals surface area contributed by atoms with E-state index in [0.29, 0.717) is 11.4 Å². The zero-order valence-electron chi connectivity index (χ0n) is 19.5. The van der Waals surface area contributed by atoms with Gasteiger partial charge >= 0.3 is 5.97 Å². The summed E-state index contributed by atoms with van der Waals surface area (Å²) >= 11 is 4.28. The third-order valence-electron chi connectivity index (χ3n) is 7.81. The topological polar surface area (TPSA) is 101 Å². The molecule has 2 saturated heterocycles. The number of anilines is 2. The second-order valence-corrected chi connectivity index (χ2v) is 12.0. The van der Waals surface area contributed by atoms with Crippen LogP contribution in [0.3, 0.4) is 0 Å². The first-order chi connectivity index (χ1) is 17.7. The van der Waals surface area contributed by atoms with Crippen molar-refractivity contribution in [2.45, 2.75) is 6.92 Å². The molecule has 2 unspecified atom stereocenters. The number of carbonyl (C=O) groups is 5. The SMILES string of the molecule is CCOC(=O)C1=CC2[C@H]3C(=O)N(c4ccc(I)cc4)C(=O)[C@@H]3C1[C@@H]1C(=O)N(c3ccc(I)cc3)C(=O)[C@H]21. The molecule has 0 radical (unpaired) electrons. The molecule has 6 atom stereocenters. The zero-order valence-corrected chi connectivity index (χ0v) is 23.8. The Balaban J connectivity index is 1.46. The quantitative estimate of drug-likeness (QED) is 0.272. The maximum absolute atomic E-state index is 13.8. The minimum absolute atomic E-state index is 0.124. The Morgan fingerprint density at radius 2 is 1.11 bits per heavy atom. The standard InChI is InChI=1S/C27H20I2N2O6/c1-2-37-27(36)17-11-16-19-21(25(34)30(23(19)32)14-7-3-12(28)4-8-14)18(17)22-20(16)24(33)31(26(22)35)15-9-5-13(29)6-10-15/h3-11,16,18-22H,2H2,1H3/t16?,18?,19-,20-,21-,22+/m1/s1. The summed E-state index contributed by atoms with van der Waals surface area (Å²) in [5.74, 6) is -7.52. The zero-order chi connectivity index (χ0) is 26.2. The van der Waals surface area contributed by atoms with E-state index in [9.17, 15) is 24.0 Å². The van der Waals surface area contributed by atoms with E-state index in [1.165, 1.54) is 0 Å². The van der Waals surface area contributed by atoms with Crippen molar-refractivity contribution >= 4 is 86.2 Å². The second-order valence-electron chi connectivity index (χ2n) is 9.53. The van der Waals surface area contributed by atoms with Crippen LogP contribution in [0.2, 0.25) is 0 Å². The monoisotopic (exact) mass is 722 g/mol. The molecule has 0 spiro atoms. The second kappa shape index (κ2) is 9.00. The molecule has 0 aromatic heterocycles. The van der Waals surface area contributed by atoms with E-state index >= 15 is 0 Å².